The highest BCUT2D eigenvalue weighted by atomic mass is 35.5. The first-order valence-corrected chi connectivity index (χ1v) is 7.68. The summed E-state index contributed by atoms with van der Waals surface area (Å²) in [5.41, 5.74) is 0.567. The first kappa shape index (κ1) is 16.0. The molecular weight excluding hydrogens is 286 g/mol. The monoisotopic (exact) mass is 301 g/mol. The van der Waals surface area contributed by atoms with Crippen molar-refractivity contribution in [3.63, 3.8) is 0 Å². The van der Waals surface area contributed by atoms with Crippen LogP contribution in [0.2, 0.25) is 5.02 Å². The van der Waals surface area contributed by atoms with Gasteiger partial charge in [0, 0.05) is 18.7 Å². The largest absolute Gasteiger partial charge is 0.384 e. The Balaban J connectivity index is 3.23. The molecule has 0 saturated heterocycles. The number of aliphatic hydroxyl groups is 1. The summed E-state index contributed by atoms with van der Waals surface area (Å²) >= 11 is 6.01. The number of hydrogen-bond donors (Lipinski definition) is 1. The van der Waals surface area contributed by atoms with E-state index in [0.29, 0.717) is 18.7 Å². The number of halogens is 1. The van der Waals surface area contributed by atoms with E-state index in [0.717, 1.165) is 0 Å². The maximum absolute atomic E-state index is 12.3. The van der Waals surface area contributed by atoms with Gasteiger partial charge in [-0.15, -0.1) is 0 Å². The van der Waals surface area contributed by atoms with Crippen molar-refractivity contribution < 1.29 is 13.5 Å². The van der Waals surface area contributed by atoms with Crippen molar-refractivity contribution in [2.24, 2.45) is 0 Å². The van der Waals surface area contributed by atoms with Gasteiger partial charge in [-0.25, -0.2) is 8.42 Å². The molecule has 4 nitrogen and oxygen atoms in total. The minimum Gasteiger partial charge on any atom is -0.384 e. The van der Waals surface area contributed by atoms with Crippen molar-refractivity contribution in [2.45, 2.75) is 18.7 Å². The van der Waals surface area contributed by atoms with Crippen molar-refractivity contribution in [2.75, 3.05) is 19.7 Å². The maximum Gasteiger partial charge on any atom is 0.244 e. The third kappa shape index (κ3) is 3.71. The molecule has 0 aliphatic heterocycles. The average Bonchev–Trinajstić information content (AvgIpc) is 2.37. The highest BCUT2D eigenvalue weighted by molar-refractivity contribution is 7.89. The van der Waals surface area contributed by atoms with Gasteiger partial charge in [0.2, 0.25) is 10.0 Å². The van der Waals surface area contributed by atoms with Crippen LogP contribution in [0.25, 0.3) is 0 Å². The van der Waals surface area contributed by atoms with Crippen LogP contribution in [0.3, 0.4) is 0 Å². The van der Waals surface area contributed by atoms with Crippen LogP contribution < -0.4 is 0 Å². The Morgan fingerprint density at radius 2 is 1.95 bits per heavy atom. The van der Waals surface area contributed by atoms with E-state index >= 15 is 0 Å². The van der Waals surface area contributed by atoms with Gasteiger partial charge in [0.1, 0.15) is 11.5 Å². The zero-order chi connectivity index (χ0) is 14.5. The Labute approximate surface area is 119 Å². The maximum atomic E-state index is 12.3. The molecule has 0 aliphatic rings. The second-order valence-electron chi connectivity index (χ2n) is 3.69. The quantitative estimate of drug-likeness (QED) is 0.862. The van der Waals surface area contributed by atoms with Crippen LogP contribution in [0.4, 0.5) is 0 Å². The van der Waals surface area contributed by atoms with Gasteiger partial charge in [0.25, 0.3) is 0 Å². The third-order valence-electron chi connectivity index (χ3n) is 2.57. The normalized spacial score (nSPS) is 11.2. The van der Waals surface area contributed by atoms with E-state index in [9.17, 15) is 8.42 Å². The summed E-state index contributed by atoms with van der Waals surface area (Å²) < 4.78 is 26.0. The number of rotatable bonds is 4. The van der Waals surface area contributed by atoms with Crippen LogP contribution in [0, 0.1) is 11.8 Å². The summed E-state index contributed by atoms with van der Waals surface area (Å²) in [5, 5.41) is 8.74. The van der Waals surface area contributed by atoms with E-state index in [1.807, 2.05) is 0 Å². The lowest BCUT2D eigenvalue weighted by Gasteiger charge is -2.19. The van der Waals surface area contributed by atoms with Crippen molar-refractivity contribution in [1.29, 1.82) is 0 Å². The van der Waals surface area contributed by atoms with E-state index < -0.39 is 10.0 Å². The molecule has 0 unspecified atom stereocenters. The fourth-order valence-electron chi connectivity index (χ4n) is 1.63. The summed E-state index contributed by atoms with van der Waals surface area (Å²) in [6.45, 7) is 4.08. The molecule has 1 aromatic carbocycles. The predicted molar refractivity (Wildman–Crippen MR) is 75.5 cm³/mol. The molecule has 0 heterocycles. The number of sulfonamides is 1. The Morgan fingerprint density at radius 3 is 2.42 bits per heavy atom. The zero-order valence-corrected chi connectivity index (χ0v) is 12.4. The van der Waals surface area contributed by atoms with E-state index in [4.69, 9.17) is 16.7 Å². The molecule has 0 fully saturated rings. The summed E-state index contributed by atoms with van der Waals surface area (Å²) in [4.78, 5) is 0.0763. The van der Waals surface area contributed by atoms with Crippen LogP contribution >= 0.6 is 11.6 Å². The van der Waals surface area contributed by atoms with E-state index in [2.05, 4.69) is 11.8 Å². The van der Waals surface area contributed by atoms with Crippen LogP contribution in [0.1, 0.15) is 19.4 Å². The second kappa shape index (κ2) is 6.92. The van der Waals surface area contributed by atoms with Gasteiger partial charge in [-0.2, -0.15) is 4.31 Å². The van der Waals surface area contributed by atoms with Crippen LogP contribution in [0.15, 0.2) is 23.1 Å². The molecule has 104 valence electrons. The molecule has 19 heavy (non-hydrogen) atoms. The molecule has 0 saturated carbocycles. The van der Waals surface area contributed by atoms with Gasteiger partial charge < -0.3 is 5.11 Å². The molecule has 0 radical (unpaired) electrons. The fourth-order valence-corrected chi connectivity index (χ4v) is 3.61. The molecule has 0 atom stereocenters. The number of hydrogen-bond acceptors (Lipinski definition) is 3. The van der Waals surface area contributed by atoms with Crippen LogP contribution in [-0.4, -0.2) is 37.5 Å². The highest BCUT2D eigenvalue weighted by Gasteiger charge is 2.24. The molecule has 1 aromatic rings. The SMILES string of the molecule is CCN(CC)S(=O)(=O)c1ccc(C#CCO)cc1Cl. The van der Waals surface area contributed by atoms with E-state index in [-0.39, 0.29) is 16.5 Å². The molecule has 6 heteroatoms. The predicted octanol–water partition coefficient (Wildman–Crippen LogP) is 1.71. The van der Waals surface area contributed by atoms with Gasteiger partial charge in [-0.3, -0.25) is 0 Å². The minimum absolute atomic E-state index is 0.0763. The molecule has 1 N–H and O–H groups in total. The molecular formula is C13H16ClNO3S. The summed E-state index contributed by atoms with van der Waals surface area (Å²) in [7, 11) is -3.57. The first-order chi connectivity index (χ1) is 8.97. The van der Waals surface area contributed by atoms with Crippen LogP contribution in [0.5, 0.6) is 0 Å². The minimum atomic E-state index is -3.57. The van der Waals surface area contributed by atoms with Crippen molar-refractivity contribution in [3.05, 3.63) is 28.8 Å². The van der Waals surface area contributed by atoms with Gasteiger partial charge in [-0.1, -0.05) is 37.3 Å². The molecule has 0 spiro atoms. The number of benzene rings is 1. The van der Waals surface area contributed by atoms with Gasteiger partial charge >= 0.3 is 0 Å². The lowest BCUT2D eigenvalue weighted by atomic mass is 10.2. The fraction of sp³-hybridized carbons (Fsp3) is 0.385. The molecule has 1 rings (SSSR count). The molecule has 0 amide bonds. The lowest BCUT2D eigenvalue weighted by molar-refractivity contribution is 0.350. The van der Waals surface area contributed by atoms with Gasteiger partial charge in [-0.05, 0) is 18.2 Å². The Hall–Kier alpha value is -1.06. The first-order valence-electron chi connectivity index (χ1n) is 5.86. The van der Waals surface area contributed by atoms with E-state index in [1.165, 1.54) is 16.4 Å². The molecule has 0 aromatic heterocycles. The Morgan fingerprint density at radius 1 is 1.32 bits per heavy atom. The lowest BCUT2D eigenvalue weighted by Crippen LogP contribution is -2.30. The second-order valence-corrected chi connectivity index (χ2v) is 6.01. The standard InChI is InChI=1S/C13H16ClNO3S/c1-3-15(4-2)19(17,18)13-8-7-11(6-5-9-16)10-12(13)14/h7-8,10,16H,3-4,9H2,1-2H3. The smallest absolute Gasteiger partial charge is 0.244 e. The van der Waals surface area contributed by atoms with Gasteiger partial charge in [0.15, 0.2) is 0 Å². The summed E-state index contributed by atoms with van der Waals surface area (Å²) in [5.74, 6) is 5.16. The molecule has 0 bridgehead atoms. The number of aliphatic hydroxyl groups excluding tert-OH is 1. The summed E-state index contributed by atoms with van der Waals surface area (Å²) in [6, 6.07) is 4.50. The van der Waals surface area contributed by atoms with Crippen molar-refractivity contribution >= 4 is 21.6 Å². The van der Waals surface area contributed by atoms with E-state index in [1.54, 1.807) is 19.9 Å². The Kier molecular flexibility index (Phi) is 5.83. The Bertz CT molecular complexity index is 598. The van der Waals surface area contributed by atoms with Crippen LogP contribution in [-0.2, 0) is 10.0 Å². The average molecular weight is 302 g/mol. The zero-order valence-electron chi connectivity index (χ0n) is 10.9. The van der Waals surface area contributed by atoms with Crippen molar-refractivity contribution in [3.8, 4) is 11.8 Å². The topological polar surface area (TPSA) is 57.6 Å². The van der Waals surface area contributed by atoms with Crippen molar-refractivity contribution in [1.82, 2.24) is 4.31 Å². The highest BCUT2D eigenvalue weighted by Crippen LogP contribution is 2.25. The van der Waals surface area contributed by atoms with Gasteiger partial charge in [0.05, 0.1) is 5.02 Å². The molecule has 0 aliphatic carbocycles. The summed E-state index contributed by atoms with van der Waals surface area (Å²) in [6.07, 6.45) is 0. The number of nitrogens with zero attached hydrogens (tertiary/aromatic N) is 1. The third-order valence-corrected chi connectivity index (χ3v) is 5.10.